The van der Waals surface area contributed by atoms with Crippen molar-refractivity contribution in [1.29, 1.82) is 0 Å². The van der Waals surface area contributed by atoms with Crippen molar-refractivity contribution in [3.63, 3.8) is 0 Å². The molecule has 3 heterocycles. The predicted molar refractivity (Wildman–Crippen MR) is 90.3 cm³/mol. The van der Waals surface area contributed by atoms with E-state index in [-0.39, 0.29) is 11.9 Å². The number of anilines is 1. The molecule has 0 radical (unpaired) electrons. The van der Waals surface area contributed by atoms with E-state index in [4.69, 9.17) is 0 Å². The number of rotatable bonds is 2. The second-order valence-electron chi connectivity index (χ2n) is 5.75. The maximum atomic E-state index is 13.2. The maximum Gasteiger partial charge on any atom is 0.141 e. The number of aromatic nitrogens is 2. The van der Waals surface area contributed by atoms with Gasteiger partial charge in [0.05, 0.1) is 11.5 Å². The van der Waals surface area contributed by atoms with Crippen molar-refractivity contribution in [2.24, 2.45) is 0 Å². The zero-order valence-corrected chi connectivity index (χ0v) is 13.3. The van der Waals surface area contributed by atoms with Crippen LogP contribution in [0.4, 0.5) is 10.2 Å². The molecule has 1 aromatic carbocycles. The third-order valence-electron chi connectivity index (χ3n) is 4.27. The molecular weight excluding hydrogens is 313 g/mol. The van der Waals surface area contributed by atoms with Gasteiger partial charge in [-0.25, -0.2) is 14.4 Å². The van der Waals surface area contributed by atoms with Crippen molar-refractivity contribution in [3.8, 4) is 11.1 Å². The maximum absolute atomic E-state index is 13.2. The number of thiophene rings is 1. The Bertz CT molecular complexity index is 825. The van der Waals surface area contributed by atoms with Gasteiger partial charge in [-0.05, 0) is 30.5 Å². The molecule has 4 nitrogen and oxygen atoms in total. The van der Waals surface area contributed by atoms with Crippen LogP contribution < -0.4 is 4.90 Å². The van der Waals surface area contributed by atoms with Crippen LogP contribution in [-0.2, 0) is 0 Å². The Morgan fingerprint density at radius 3 is 2.61 bits per heavy atom. The van der Waals surface area contributed by atoms with Gasteiger partial charge in [-0.3, -0.25) is 0 Å². The summed E-state index contributed by atoms with van der Waals surface area (Å²) in [5, 5.41) is 12.8. The van der Waals surface area contributed by atoms with Crippen LogP contribution in [0, 0.1) is 5.82 Å². The first-order chi connectivity index (χ1) is 11.2. The summed E-state index contributed by atoms with van der Waals surface area (Å²) in [5.74, 6) is 0.664. The molecule has 0 saturated carbocycles. The van der Waals surface area contributed by atoms with E-state index in [0.29, 0.717) is 0 Å². The first-order valence-electron chi connectivity index (χ1n) is 7.63. The smallest absolute Gasteiger partial charge is 0.141 e. The monoisotopic (exact) mass is 329 g/mol. The van der Waals surface area contributed by atoms with Crippen molar-refractivity contribution in [2.75, 3.05) is 18.0 Å². The lowest BCUT2D eigenvalue weighted by Gasteiger charge is -2.31. The zero-order chi connectivity index (χ0) is 15.8. The van der Waals surface area contributed by atoms with Crippen LogP contribution in [0.3, 0.4) is 0 Å². The van der Waals surface area contributed by atoms with Crippen LogP contribution in [0.1, 0.15) is 12.8 Å². The third-order valence-corrected chi connectivity index (χ3v) is 5.16. The predicted octanol–water partition coefficient (Wildman–Crippen LogP) is 3.46. The topological polar surface area (TPSA) is 49.2 Å². The quantitative estimate of drug-likeness (QED) is 0.782. The molecule has 0 spiro atoms. The molecule has 0 amide bonds. The van der Waals surface area contributed by atoms with Crippen molar-refractivity contribution in [2.45, 2.75) is 18.9 Å². The van der Waals surface area contributed by atoms with Gasteiger partial charge in [0.15, 0.2) is 0 Å². The molecule has 1 saturated heterocycles. The Balaban J connectivity index is 1.82. The molecule has 23 heavy (non-hydrogen) atoms. The minimum Gasteiger partial charge on any atom is -0.393 e. The minimum absolute atomic E-state index is 0.220. The molecule has 4 rings (SSSR count). The van der Waals surface area contributed by atoms with E-state index in [1.54, 1.807) is 29.8 Å². The van der Waals surface area contributed by atoms with E-state index >= 15 is 0 Å². The summed E-state index contributed by atoms with van der Waals surface area (Å²) >= 11 is 1.57. The van der Waals surface area contributed by atoms with Gasteiger partial charge in [0.2, 0.25) is 0 Å². The van der Waals surface area contributed by atoms with E-state index < -0.39 is 0 Å². The molecule has 2 aromatic heterocycles. The summed E-state index contributed by atoms with van der Waals surface area (Å²) in [6.07, 6.45) is 2.87. The van der Waals surface area contributed by atoms with Gasteiger partial charge < -0.3 is 10.0 Å². The molecule has 0 unspecified atom stereocenters. The van der Waals surface area contributed by atoms with Gasteiger partial charge >= 0.3 is 0 Å². The highest BCUT2D eigenvalue weighted by Crippen LogP contribution is 2.38. The van der Waals surface area contributed by atoms with Crippen molar-refractivity contribution in [3.05, 3.63) is 41.8 Å². The van der Waals surface area contributed by atoms with Gasteiger partial charge in [0.25, 0.3) is 0 Å². The summed E-state index contributed by atoms with van der Waals surface area (Å²) in [7, 11) is 0. The Kier molecular flexibility index (Phi) is 3.71. The summed E-state index contributed by atoms with van der Waals surface area (Å²) in [4.78, 5) is 12.0. The highest BCUT2D eigenvalue weighted by atomic mass is 32.1. The lowest BCUT2D eigenvalue weighted by atomic mass is 10.0. The summed E-state index contributed by atoms with van der Waals surface area (Å²) in [6.45, 7) is 1.57. The fourth-order valence-electron chi connectivity index (χ4n) is 3.02. The number of piperidine rings is 1. The number of fused-ring (bicyclic) bond motifs is 1. The Hall–Kier alpha value is -2.05. The van der Waals surface area contributed by atoms with Gasteiger partial charge in [-0.1, -0.05) is 12.1 Å². The number of hydrogen-bond donors (Lipinski definition) is 1. The van der Waals surface area contributed by atoms with Crippen LogP contribution >= 0.6 is 11.3 Å². The number of aliphatic hydroxyl groups excluding tert-OH is 1. The number of aliphatic hydroxyl groups is 1. The van der Waals surface area contributed by atoms with Crippen LogP contribution in [0.15, 0.2) is 36.0 Å². The second-order valence-corrected chi connectivity index (χ2v) is 6.61. The van der Waals surface area contributed by atoms with Crippen LogP contribution in [-0.4, -0.2) is 34.3 Å². The Morgan fingerprint density at radius 2 is 1.87 bits per heavy atom. The molecular formula is C17H16FN3OS. The largest absolute Gasteiger partial charge is 0.393 e. The van der Waals surface area contributed by atoms with Crippen molar-refractivity contribution >= 4 is 27.4 Å². The molecule has 6 heteroatoms. The summed E-state index contributed by atoms with van der Waals surface area (Å²) in [6, 6.07) is 6.51. The first kappa shape index (κ1) is 14.5. The van der Waals surface area contributed by atoms with Gasteiger partial charge in [0, 0.05) is 24.0 Å². The molecule has 1 aliphatic heterocycles. The van der Waals surface area contributed by atoms with Crippen LogP contribution in [0.5, 0.6) is 0 Å². The van der Waals surface area contributed by atoms with E-state index in [9.17, 15) is 9.50 Å². The summed E-state index contributed by atoms with van der Waals surface area (Å²) in [5.41, 5.74) is 2.00. The fourth-order valence-corrected chi connectivity index (χ4v) is 3.93. The first-order valence-corrected chi connectivity index (χ1v) is 8.51. The van der Waals surface area contributed by atoms with Gasteiger partial charge in [0.1, 0.15) is 22.8 Å². The highest BCUT2D eigenvalue weighted by molar-refractivity contribution is 7.17. The number of halogens is 1. The van der Waals surface area contributed by atoms with Crippen LogP contribution in [0.25, 0.3) is 21.3 Å². The van der Waals surface area contributed by atoms with Gasteiger partial charge in [-0.15, -0.1) is 11.3 Å². The molecule has 1 fully saturated rings. The zero-order valence-electron chi connectivity index (χ0n) is 12.4. The minimum atomic E-state index is -0.241. The molecule has 3 aromatic rings. The summed E-state index contributed by atoms with van der Waals surface area (Å²) < 4.78 is 13.2. The lowest BCUT2D eigenvalue weighted by Crippen LogP contribution is -2.36. The SMILES string of the molecule is OC1CCN(c2ncnc3scc(-c4ccc(F)cc4)c23)CC1. The van der Waals surface area contributed by atoms with Crippen LogP contribution in [0.2, 0.25) is 0 Å². The lowest BCUT2D eigenvalue weighted by molar-refractivity contribution is 0.145. The normalized spacial score (nSPS) is 16.2. The molecule has 1 N–H and O–H groups in total. The second kappa shape index (κ2) is 5.86. The van der Waals surface area contributed by atoms with Gasteiger partial charge in [-0.2, -0.15) is 0 Å². The third kappa shape index (κ3) is 2.68. The molecule has 118 valence electrons. The Labute approximate surface area is 137 Å². The average molecular weight is 329 g/mol. The van der Waals surface area contributed by atoms with E-state index in [1.165, 1.54) is 12.1 Å². The fraction of sp³-hybridized carbons (Fsp3) is 0.294. The van der Waals surface area contributed by atoms with E-state index in [0.717, 1.165) is 53.1 Å². The van der Waals surface area contributed by atoms with Crippen molar-refractivity contribution in [1.82, 2.24) is 9.97 Å². The van der Waals surface area contributed by atoms with E-state index in [1.807, 2.05) is 0 Å². The van der Waals surface area contributed by atoms with E-state index in [2.05, 4.69) is 20.2 Å². The molecule has 0 atom stereocenters. The molecule has 1 aliphatic rings. The standard InChI is InChI=1S/C17H16FN3OS/c18-12-3-1-11(2-4-12)14-9-23-17-15(14)16(19-10-20-17)21-7-5-13(22)6-8-21/h1-4,9-10,13,22H,5-8H2. The molecule has 0 bridgehead atoms. The number of benzene rings is 1. The molecule has 0 aliphatic carbocycles. The van der Waals surface area contributed by atoms with Crippen molar-refractivity contribution < 1.29 is 9.50 Å². The highest BCUT2D eigenvalue weighted by Gasteiger charge is 2.22. The average Bonchev–Trinajstić information content (AvgIpc) is 3.00. The number of hydrogen-bond acceptors (Lipinski definition) is 5. The number of nitrogens with zero attached hydrogens (tertiary/aromatic N) is 3. The Morgan fingerprint density at radius 1 is 1.13 bits per heavy atom.